The molecule has 0 heterocycles. The molecule has 1 unspecified atom stereocenters. The number of halogens is 1. The Kier molecular flexibility index (Phi) is 6.11. The number of carbonyl (C=O) groups is 2. The number of carbonyl (C=O) groups excluding carboxylic acids is 1. The third-order valence-corrected chi connectivity index (χ3v) is 3.35. The first-order valence-electron chi connectivity index (χ1n) is 5.77. The van der Waals surface area contributed by atoms with Gasteiger partial charge >= 0.3 is 5.97 Å². The molecule has 0 aliphatic rings. The number of amides is 1. The zero-order chi connectivity index (χ0) is 13.5. The minimum Gasteiger partial charge on any atom is -0.481 e. The predicted molar refractivity (Wildman–Crippen MR) is 77.5 cm³/mol. The fraction of sp³-hybridized carbons (Fsp3) is 0.385. The van der Waals surface area contributed by atoms with Crippen LogP contribution in [0.2, 0.25) is 0 Å². The first-order chi connectivity index (χ1) is 8.50. The van der Waals surface area contributed by atoms with Crippen LogP contribution in [0.4, 0.5) is 0 Å². The van der Waals surface area contributed by atoms with Gasteiger partial charge in [0.15, 0.2) is 0 Å². The van der Waals surface area contributed by atoms with E-state index in [-0.39, 0.29) is 11.8 Å². The second-order valence-electron chi connectivity index (χ2n) is 4.14. The van der Waals surface area contributed by atoms with E-state index in [0.29, 0.717) is 24.9 Å². The summed E-state index contributed by atoms with van der Waals surface area (Å²) in [7, 11) is 0. The highest BCUT2D eigenvalue weighted by atomic mass is 127. The van der Waals surface area contributed by atoms with E-state index < -0.39 is 5.97 Å². The van der Waals surface area contributed by atoms with Gasteiger partial charge in [0.1, 0.15) is 0 Å². The van der Waals surface area contributed by atoms with Crippen molar-refractivity contribution in [3.05, 3.63) is 33.4 Å². The summed E-state index contributed by atoms with van der Waals surface area (Å²) in [4.78, 5) is 22.3. The first-order valence-corrected chi connectivity index (χ1v) is 6.85. The van der Waals surface area contributed by atoms with Crippen LogP contribution in [0.3, 0.4) is 0 Å². The SMILES string of the molecule is CC(CCCNC(=O)c1ccc(I)cc1)C(=O)O. The summed E-state index contributed by atoms with van der Waals surface area (Å²) in [5.74, 6) is -1.27. The lowest BCUT2D eigenvalue weighted by atomic mass is 10.1. The molecule has 4 nitrogen and oxygen atoms in total. The number of carboxylic acid groups (broad SMARTS) is 1. The molecular formula is C13H16INO3. The molecule has 2 N–H and O–H groups in total. The minimum atomic E-state index is -0.793. The molecule has 0 radical (unpaired) electrons. The zero-order valence-electron chi connectivity index (χ0n) is 10.1. The van der Waals surface area contributed by atoms with Crippen molar-refractivity contribution < 1.29 is 14.7 Å². The van der Waals surface area contributed by atoms with E-state index >= 15 is 0 Å². The van der Waals surface area contributed by atoms with Gasteiger partial charge in [-0.05, 0) is 59.7 Å². The quantitative estimate of drug-likeness (QED) is 0.605. The van der Waals surface area contributed by atoms with Crippen LogP contribution < -0.4 is 5.32 Å². The van der Waals surface area contributed by atoms with Crippen LogP contribution in [0, 0.1) is 9.49 Å². The normalized spacial score (nSPS) is 11.9. The van der Waals surface area contributed by atoms with Crippen molar-refractivity contribution >= 4 is 34.5 Å². The molecule has 5 heteroatoms. The van der Waals surface area contributed by atoms with Crippen molar-refractivity contribution in [1.29, 1.82) is 0 Å². The van der Waals surface area contributed by atoms with Crippen LogP contribution in [0.5, 0.6) is 0 Å². The molecule has 0 aliphatic carbocycles. The molecule has 0 saturated carbocycles. The summed E-state index contributed by atoms with van der Waals surface area (Å²) in [5, 5.41) is 11.5. The summed E-state index contributed by atoms with van der Waals surface area (Å²) in [6.45, 7) is 2.17. The molecule has 0 saturated heterocycles. The maximum Gasteiger partial charge on any atom is 0.306 e. The van der Waals surface area contributed by atoms with Gasteiger partial charge in [-0.25, -0.2) is 0 Å². The topological polar surface area (TPSA) is 66.4 Å². The molecule has 18 heavy (non-hydrogen) atoms. The Morgan fingerprint density at radius 3 is 2.50 bits per heavy atom. The van der Waals surface area contributed by atoms with E-state index in [9.17, 15) is 9.59 Å². The predicted octanol–water partition coefficient (Wildman–Crippen LogP) is 2.52. The lowest BCUT2D eigenvalue weighted by Crippen LogP contribution is -2.25. The van der Waals surface area contributed by atoms with Crippen molar-refractivity contribution in [3.63, 3.8) is 0 Å². The van der Waals surface area contributed by atoms with Gasteiger partial charge in [-0.2, -0.15) is 0 Å². The van der Waals surface area contributed by atoms with Crippen LogP contribution in [-0.4, -0.2) is 23.5 Å². The number of rotatable bonds is 6. The number of benzene rings is 1. The maximum atomic E-state index is 11.7. The van der Waals surface area contributed by atoms with Crippen molar-refractivity contribution in [3.8, 4) is 0 Å². The van der Waals surface area contributed by atoms with E-state index in [0.717, 1.165) is 3.57 Å². The standard InChI is InChI=1S/C13H16INO3/c1-9(13(17)18)3-2-8-15-12(16)10-4-6-11(14)7-5-10/h4-7,9H,2-3,8H2,1H3,(H,15,16)(H,17,18). The minimum absolute atomic E-state index is 0.116. The molecule has 0 spiro atoms. The Bertz CT molecular complexity index is 417. The molecule has 1 aromatic carbocycles. The molecule has 0 aliphatic heterocycles. The zero-order valence-corrected chi connectivity index (χ0v) is 12.3. The average Bonchev–Trinajstić information content (AvgIpc) is 2.34. The number of hydrogen-bond donors (Lipinski definition) is 2. The smallest absolute Gasteiger partial charge is 0.306 e. The van der Waals surface area contributed by atoms with Gasteiger partial charge in [-0.3, -0.25) is 9.59 Å². The van der Waals surface area contributed by atoms with Crippen molar-refractivity contribution in [2.75, 3.05) is 6.54 Å². The lowest BCUT2D eigenvalue weighted by molar-refractivity contribution is -0.141. The molecule has 1 aromatic rings. The second-order valence-corrected chi connectivity index (χ2v) is 5.39. The Hall–Kier alpha value is -1.11. The summed E-state index contributed by atoms with van der Waals surface area (Å²) >= 11 is 2.18. The highest BCUT2D eigenvalue weighted by molar-refractivity contribution is 14.1. The molecule has 0 bridgehead atoms. The molecule has 1 rings (SSSR count). The van der Waals surface area contributed by atoms with Gasteiger partial charge in [0.25, 0.3) is 5.91 Å². The third kappa shape index (κ3) is 5.03. The highest BCUT2D eigenvalue weighted by Crippen LogP contribution is 2.07. The van der Waals surface area contributed by atoms with E-state index in [1.807, 2.05) is 12.1 Å². The second kappa shape index (κ2) is 7.35. The molecular weight excluding hydrogens is 345 g/mol. The fourth-order valence-corrected chi connectivity index (χ4v) is 1.80. The monoisotopic (exact) mass is 361 g/mol. The molecule has 0 aromatic heterocycles. The lowest BCUT2D eigenvalue weighted by Gasteiger charge is -2.07. The van der Waals surface area contributed by atoms with Gasteiger partial charge in [-0.1, -0.05) is 6.92 Å². The highest BCUT2D eigenvalue weighted by Gasteiger charge is 2.10. The Morgan fingerprint density at radius 2 is 1.94 bits per heavy atom. The summed E-state index contributed by atoms with van der Waals surface area (Å²) < 4.78 is 1.08. The van der Waals surface area contributed by atoms with E-state index in [4.69, 9.17) is 5.11 Å². The molecule has 1 amide bonds. The van der Waals surface area contributed by atoms with Gasteiger partial charge in [0.05, 0.1) is 5.92 Å². The van der Waals surface area contributed by atoms with Crippen LogP contribution in [0.25, 0.3) is 0 Å². The third-order valence-electron chi connectivity index (χ3n) is 2.63. The van der Waals surface area contributed by atoms with Gasteiger partial charge in [0, 0.05) is 15.7 Å². The number of carboxylic acids is 1. The average molecular weight is 361 g/mol. The fourth-order valence-electron chi connectivity index (χ4n) is 1.44. The van der Waals surface area contributed by atoms with E-state index in [2.05, 4.69) is 27.9 Å². The maximum absolute atomic E-state index is 11.7. The van der Waals surface area contributed by atoms with Crippen LogP contribution in [0.1, 0.15) is 30.1 Å². The Labute approximate surface area is 120 Å². The first kappa shape index (κ1) is 14.9. The molecule has 1 atom stereocenters. The van der Waals surface area contributed by atoms with Crippen molar-refractivity contribution in [1.82, 2.24) is 5.32 Å². The Balaban J connectivity index is 2.29. The van der Waals surface area contributed by atoms with E-state index in [1.165, 1.54) is 0 Å². The van der Waals surface area contributed by atoms with Crippen LogP contribution in [0.15, 0.2) is 24.3 Å². The van der Waals surface area contributed by atoms with E-state index in [1.54, 1.807) is 19.1 Å². The van der Waals surface area contributed by atoms with Crippen LogP contribution >= 0.6 is 22.6 Å². The summed E-state index contributed by atoms with van der Waals surface area (Å²) in [5.41, 5.74) is 0.627. The van der Waals surface area contributed by atoms with Crippen LogP contribution in [-0.2, 0) is 4.79 Å². The van der Waals surface area contributed by atoms with Gasteiger partial charge in [-0.15, -0.1) is 0 Å². The number of nitrogens with one attached hydrogen (secondary N) is 1. The Morgan fingerprint density at radius 1 is 1.33 bits per heavy atom. The van der Waals surface area contributed by atoms with Gasteiger partial charge < -0.3 is 10.4 Å². The van der Waals surface area contributed by atoms with Crippen molar-refractivity contribution in [2.45, 2.75) is 19.8 Å². The number of aliphatic carboxylic acids is 1. The molecule has 98 valence electrons. The summed E-state index contributed by atoms with van der Waals surface area (Å²) in [6.07, 6.45) is 1.24. The van der Waals surface area contributed by atoms with Crippen molar-refractivity contribution in [2.24, 2.45) is 5.92 Å². The summed E-state index contributed by atoms with van der Waals surface area (Å²) in [6, 6.07) is 7.30. The number of hydrogen-bond acceptors (Lipinski definition) is 2. The largest absolute Gasteiger partial charge is 0.481 e. The molecule has 0 fully saturated rings. The van der Waals surface area contributed by atoms with Gasteiger partial charge in [0.2, 0.25) is 0 Å².